The molecule has 0 radical (unpaired) electrons. The number of methoxy groups -OCH3 is 1. The van der Waals surface area contributed by atoms with Gasteiger partial charge in [-0.3, -0.25) is 14.4 Å². The summed E-state index contributed by atoms with van der Waals surface area (Å²) >= 11 is 0. The van der Waals surface area contributed by atoms with Crippen molar-refractivity contribution in [1.82, 2.24) is 0 Å². The van der Waals surface area contributed by atoms with E-state index in [1.165, 1.54) is 12.7 Å². The number of benzene rings is 2. The smallest absolute Gasteiger partial charge is 0.317 e. The van der Waals surface area contributed by atoms with Crippen molar-refractivity contribution in [2.45, 2.75) is 26.2 Å². The van der Waals surface area contributed by atoms with Crippen LogP contribution in [0.25, 0.3) is 0 Å². The zero-order valence-electron chi connectivity index (χ0n) is 15.6. The summed E-state index contributed by atoms with van der Waals surface area (Å²) in [6.07, 6.45) is 1.55. The molecule has 1 fully saturated rings. The Kier molecular flexibility index (Phi) is 7.74. The molecule has 1 aliphatic heterocycles. The second kappa shape index (κ2) is 10.3. The highest BCUT2D eigenvalue weighted by atomic mass is 16.6. The van der Waals surface area contributed by atoms with E-state index in [2.05, 4.69) is 9.47 Å². The summed E-state index contributed by atoms with van der Waals surface area (Å²) in [5.41, 5.74) is 2.23. The molecule has 0 bridgehead atoms. The van der Waals surface area contributed by atoms with Crippen LogP contribution in [0.15, 0.2) is 60.7 Å². The third-order valence-corrected chi connectivity index (χ3v) is 4.27. The standard InChI is InChI=1S/C11H10O3.C11H14O2/c12-10-7-9(11(13)14-10)6-8-4-2-1-3-5-8;1-9(11(12)13-2)8-10-6-4-3-5-7-10/h1-5,9H,6-7H2;3-7,9H,8H2,1-2H3/t;9-/m.1/s1. The highest BCUT2D eigenvalue weighted by Crippen LogP contribution is 2.20. The fourth-order valence-corrected chi connectivity index (χ4v) is 2.83. The molecule has 5 nitrogen and oxygen atoms in total. The van der Waals surface area contributed by atoms with Crippen molar-refractivity contribution in [3.63, 3.8) is 0 Å². The zero-order valence-corrected chi connectivity index (χ0v) is 15.6. The van der Waals surface area contributed by atoms with Crippen LogP contribution in [0.2, 0.25) is 0 Å². The van der Waals surface area contributed by atoms with Gasteiger partial charge in [0.05, 0.1) is 25.4 Å². The summed E-state index contributed by atoms with van der Waals surface area (Å²) in [6.45, 7) is 1.87. The van der Waals surface area contributed by atoms with Gasteiger partial charge in [-0.15, -0.1) is 0 Å². The highest BCUT2D eigenvalue weighted by Gasteiger charge is 2.33. The van der Waals surface area contributed by atoms with E-state index in [1.54, 1.807) is 0 Å². The van der Waals surface area contributed by atoms with E-state index in [9.17, 15) is 14.4 Å². The minimum absolute atomic E-state index is 0.0626. The Labute approximate surface area is 159 Å². The maximum atomic E-state index is 11.1. The first-order valence-corrected chi connectivity index (χ1v) is 8.89. The summed E-state index contributed by atoms with van der Waals surface area (Å²) in [5.74, 6) is -1.30. The van der Waals surface area contributed by atoms with Crippen molar-refractivity contribution in [3.8, 4) is 0 Å². The van der Waals surface area contributed by atoms with Crippen molar-refractivity contribution in [1.29, 1.82) is 0 Å². The molecule has 0 aromatic heterocycles. The monoisotopic (exact) mass is 368 g/mol. The average Bonchev–Trinajstić information content (AvgIpc) is 3.00. The van der Waals surface area contributed by atoms with E-state index < -0.39 is 5.97 Å². The van der Waals surface area contributed by atoms with Crippen molar-refractivity contribution in [2.24, 2.45) is 11.8 Å². The predicted octanol–water partition coefficient (Wildman–Crippen LogP) is 3.36. The Hall–Kier alpha value is -2.95. The van der Waals surface area contributed by atoms with Gasteiger partial charge in [0, 0.05) is 0 Å². The normalized spacial score (nSPS) is 16.7. The SMILES string of the molecule is COC(=O)[C@H](C)Cc1ccccc1.O=C1CC(Cc2ccccc2)C(=O)O1. The molecule has 1 aliphatic rings. The van der Waals surface area contributed by atoms with Gasteiger partial charge in [0.15, 0.2) is 0 Å². The highest BCUT2D eigenvalue weighted by molar-refractivity contribution is 5.94. The topological polar surface area (TPSA) is 69.7 Å². The maximum Gasteiger partial charge on any atom is 0.317 e. The molecular weight excluding hydrogens is 344 g/mol. The van der Waals surface area contributed by atoms with Crippen molar-refractivity contribution >= 4 is 17.9 Å². The Morgan fingerprint density at radius 2 is 1.59 bits per heavy atom. The van der Waals surface area contributed by atoms with E-state index in [4.69, 9.17) is 0 Å². The van der Waals surface area contributed by atoms with Gasteiger partial charge >= 0.3 is 17.9 Å². The first-order chi connectivity index (χ1) is 13.0. The quantitative estimate of drug-likeness (QED) is 0.598. The lowest BCUT2D eigenvalue weighted by atomic mass is 9.98. The van der Waals surface area contributed by atoms with Crippen LogP contribution < -0.4 is 0 Å². The molecular formula is C22H24O5. The van der Waals surface area contributed by atoms with Gasteiger partial charge in [0.1, 0.15) is 0 Å². The second-order valence-electron chi connectivity index (χ2n) is 6.50. The van der Waals surface area contributed by atoms with Gasteiger partial charge in [0.25, 0.3) is 0 Å². The van der Waals surface area contributed by atoms with Crippen LogP contribution in [-0.2, 0) is 36.7 Å². The summed E-state index contributed by atoms with van der Waals surface area (Å²) in [5, 5.41) is 0. The molecule has 5 heteroatoms. The molecule has 142 valence electrons. The average molecular weight is 368 g/mol. The zero-order chi connectivity index (χ0) is 19.6. The molecule has 0 spiro atoms. The lowest BCUT2D eigenvalue weighted by molar-refractivity contribution is -0.153. The van der Waals surface area contributed by atoms with Crippen LogP contribution in [0.5, 0.6) is 0 Å². The van der Waals surface area contributed by atoms with Crippen LogP contribution in [0.1, 0.15) is 24.5 Å². The number of carbonyl (C=O) groups is 3. The molecule has 1 heterocycles. The van der Waals surface area contributed by atoms with Gasteiger partial charge in [-0.2, -0.15) is 0 Å². The molecule has 1 unspecified atom stereocenters. The third kappa shape index (κ3) is 6.70. The van der Waals surface area contributed by atoms with Gasteiger partial charge in [-0.25, -0.2) is 0 Å². The van der Waals surface area contributed by atoms with Crippen molar-refractivity contribution in [3.05, 3.63) is 71.8 Å². The third-order valence-electron chi connectivity index (χ3n) is 4.27. The van der Waals surface area contributed by atoms with Crippen LogP contribution in [0, 0.1) is 11.8 Å². The Bertz CT molecular complexity index is 755. The van der Waals surface area contributed by atoms with Crippen LogP contribution in [-0.4, -0.2) is 25.0 Å². The molecule has 1 saturated heterocycles. The minimum atomic E-state index is -0.407. The molecule has 0 amide bonds. The lowest BCUT2D eigenvalue weighted by Gasteiger charge is -2.08. The molecule has 0 saturated carbocycles. The lowest BCUT2D eigenvalue weighted by Crippen LogP contribution is -2.14. The van der Waals surface area contributed by atoms with Crippen LogP contribution >= 0.6 is 0 Å². The van der Waals surface area contributed by atoms with Gasteiger partial charge < -0.3 is 9.47 Å². The molecule has 2 aromatic rings. The Balaban J connectivity index is 0.000000194. The number of rotatable bonds is 5. The van der Waals surface area contributed by atoms with Crippen LogP contribution in [0.3, 0.4) is 0 Å². The summed E-state index contributed by atoms with van der Waals surface area (Å²) in [4.78, 5) is 33.1. The number of ether oxygens (including phenoxy) is 2. The number of carbonyl (C=O) groups excluding carboxylic acids is 3. The van der Waals surface area contributed by atoms with Gasteiger partial charge in [-0.05, 0) is 24.0 Å². The Morgan fingerprint density at radius 3 is 2.07 bits per heavy atom. The molecule has 0 aliphatic carbocycles. The molecule has 0 N–H and O–H groups in total. The maximum absolute atomic E-state index is 11.1. The Morgan fingerprint density at radius 1 is 1.04 bits per heavy atom. The summed E-state index contributed by atoms with van der Waals surface area (Å²) in [6, 6.07) is 19.6. The molecule has 2 atom stereocenters. The second-order valence-corrected chi connectivity index (χ2v) is 6.50. The van der Waals surface area contributed by atoms with Crippen molar-refractivity contribution in [2.75, 3.05) is 7.11 Å². The van der Waals surface area contributed by atoms with E-state index in [0.717, 1.165) is 12.0 Å². The molecule has 2 aromatic carbocycles. The summed E-state index contributed by atoms with van der Waals surface area (Å²) < 4.78 is 9.11. The first-order valence-electron chi connectivity index (χ1n) is 8.89. The van der Waals surface area contributed by atoms with E-state index >= 15 is 0 Å². The number of cyclic esters (lactones) is 2. The summed E-state index contributed by atoms with van der Waals surface area (Å²) in [7, 11) is 1.42. The van der Waals surface area contributed by atoms with E-state index in [0.29, 0.717) is 6.42 Å². The van der Waals surface area contributed by atoms with E-state index in [1.807, 2.05) is 67.6 Å². The predicted molar refractivity (Wildman–Crippen MR) is 101 cm³/mol. The van der Waals surface area contributed by atoms with E-state index in [-0.39, 0.29) is 30.2 Å². The van der Waals surface area contributed by atoms with Crippen LogP contribution in [0.4, 0.5) is 0 Å². The molecule has 3 rings (SSSR count). The number of hydrogen-bond acceptors (Lipinski definition) is 5. The fraction of sp³-hybridized carbons (Fsp3) is 0.318. The van der Waals surface area contributed by atoms with Crippen molar-refractivity contribution < 1.29 is 23.9 Å². The fourth-order valence-electron chi connectivity index (χ4n) is 2.83. The first kappa shape index (κ1) is 20.4. The number of hydrogen-bond donors (Lipinski definition) is 0. The molecule has 27 heavy (non-hydrogen) atoms. The van der Waals surface area contributed by atoms with Gasteiger partial charge in [-0.1, -0.05) is 67.6 Å². The minimum Gasteiger partial charge on any atom is -0.469 e. The largest absolute Gasteiger partial charge is 0.469 e. The van der Waals surface area contributed by atoms with Gasteiger partial charge in [0.2, 0.25) is 0 Å². The number of esters is 3.